The summed E-state index contributed by atoms with van der Waals surface area (Å²) in [5.41, 5.74) is 3.55. The minimum atomic E-state index is 0.664. The molecular weight excluding hydrogens is 328 g/mol. The zero-order valence-corrected chi connectivity index (χ0v) is 15.7. The van der Waals surface area contributed by atoms with Crippen molar-refractivity contribution in [1.82, 2.24) is 19.7 Å². The fraction of sp³-hybridized carbons (Fsp3) is 0.500. The number of aryl methyl sites for hydroxylation is 1. The van der Waals surface area contributed by atoms with Crippen molar-refractivity contribution in [2.45, 2.75) is 50.6 Å². The zero-order valence-electron chi connectivity index (χ0n) is 14.9. The smallest absolute Gasteiger partial charge is 0.0970 e. The number of aromatic nitrogens is 3. The van der Waals surface area contributed by atoms with Gasteiger partial charge in [-0.3, -0.25) is 9.58 Å². The molecule has 1 atom stereocenters. The highest BCUT2D eigenvalue weighted by Gasteiger charge is 2.39. The van der Waals surface area contributed by atoms with Gasteiger partial charge in [0.1, 0.15) is 0 Å². The lowest BCUT2D eigenvalue weighted by Crippen LogP contribution is -2.45. The van der Waals surface area contributed by atoms with Crippen LogP contribution in [0.1, 0.15) is 43.5 Å². The molecule has 0 radical (unpaired) electrons. The van der Waals surface area contributed by atoms with Crippen molar-refractivity contribution in [3.8, 4) is 11.1 Å². The first-order valence-electron chi connectivity index (χ1n) is 9.32. The first-order valence-corrected chi connectivity index (χ1v) is 10.1. The first-order chi connectivity index (χ1) is 12.2. The number of benzene rings is 1. The number of fused-ring (bicyclic) bond motifs is 1. The van der Waals surface area contributed by atoms with Crippen molar-refractivity contribution in [2.24, 2.45) is 7.05 Å². The molecule has 0 amide bonds. The van der Waals surface area contributed by atoms with Crippen LogP contribution in [0.4, 0.5) is 0 Å². The van der Waals surface area contributed by atoms with Gasteiger partial charge in [-0.15, -0.1) is 11.3 Å². The fourth-order valence-corrected chi connectivity index (χ4v) is 5.56. The van der Waals surface area contributed by atoms with Gasteiger partial charge in [-0.2, -0.15) is 5.10 Å². The second kappa shape index (κ2) is 5.92. The van der Waals surface area contributed by atoms with Gasteiger partial charge in [0.2, 0.25) is 0 Å². The van der Waals surface area contributed by atoms with Crippen LogP contribution >= 0.6 is 11.3 Å². The van der Waals surface area contributed by atoms with E-state index in [1.165, 1.54) is 53.1 Å². The van der Waals surface area contributed by atoms with Gasteiger partial charge < -0.3 is 0 Å². The Labute approximate surface area is 152 Å². The number of likely N-dealkylation sites (tertiary alicyclic amines) is 1. The molecule has 3 aromatic rings. The standard InChI is InChI=1S/C20H24N4S/c1-13-4-3-7-24(13)17-8-15(9-17)20-22-18-6-5-14(10-19(18)25-20)16-11-21-23(2)12-16/h5-6,10-13,15,17H,3-4,7-9H2,1-2H3/t13?,15-,17-. The maximum atomic E-state index is 4.93. The second-order valence-electron chi connectivity index (χ2n) is 7.69. The monoisotopic (exact) mass is 352 g/mol. The normalized spacial score (nSPS) is 27.0. The topological polar surface area (TPSA) is 34.0 Å². The second-order valence-corrected chi connectivity index (χ2v) is 8.75. The molecule has 1 saturated carbocycles. The van der Waals surface area contributed by atoms with E-state index >= 15 is 0 Å². The number of nitrogens with zero attached hydrogens (tertiary/aromatic N) is 4. The van der Waals surface area contributed by atoms with Crippen LogP contribution in [0.5, 0.6) is 0 Å². The summed E-state index contributed by atoms with van der Waals surface area (Å²) in [6.07, 6.45) is 9.33. The summed E-state index contributed by atoms with van der Waals surface area (Å²) in [6, 6.07) is 8.17. The van der Waals surface area contributed by atoms with Crippen LogP contribution < -0.4 is 0 Å². The van der Waals surface area contributed by atoms with Gasteiger partial charge in [0.25, 0.3) is 0 Å². The highest BCUT2D eigenvalue weighted by Crippen LogP contribution is 2.44. The van der Waals surface area contributed by atoms with Gasteiger partial charge in [-0.05, 0) is 56.8 Å². The predicted molar refractivity (Wildman–Crippen MR) is 103 cm³/mol. The number of rotatable bonds is 3. The number of hydrogen-bond donors (Lipinski definition) is 0. The van der Waals surface area contributed by atoms with Crippen molar-refractivity contribution < 1.29 is 0 Å². The van der Waals surface area contributed by atoms with Crippen LogP contribution in [0.25, 0.3) is 21.3 Å². The van der Waals surface area contributed by atoms with Crippen LogP contribution in [0.3, 0.4) is 0 Å². The maximum absolute atomic E-state index is 4.93. The lowest BCUT2D eigenvalue weighted by Gasteiger charge is -2.42. The summed E-state index contributed by atoms with van der Waals surface area (Å²) < 4.78 is 3.15. The third-order valence-corrected chi connectivity index (χ3v) is 7.16. The van der Waals surface area contributed by atoms with Crippen LogP contribution in [-0.2, 0) is 7.05 Å². The molecule has 3 heterocycles. The molecule has 1 unspecified atom stereocenters. The van der Waals surface area contributed by atoms with Crippen LogP contribution in [0.2, 0.25) is 0 Å². The number of hydrogen-bond acceptors (Lipinski definition) is 4. The van der Waals surface area contributed by atoms with Gasteiger partial charge in [0.05, 0.1) is 21.4 Å². The van der Waals surface area contributed by atoms with E-state index in [9.17, 15) is 0 Å². The first kappa shape index (κ1) is 15.5. The molecule has 0 N–H and O–H groups in total. The Morgan fingerprint density at radius 2 is 2.08 bits per heavy atom. The molecule has 2 fully saturated rings. The Hall–Kier alpha value is -1.72. The van der Waals surface area contributed by atoms with Gasteiger partial charge in [-0.1, -0.05) is 6.07 Å². The van der Waals surface area contributed by atoms with E-state index < -0.39 is 0 Å². The lowest BCUT2D eigenvalue weighted by atomic mass is 9.79. The highest BCUT2D eigenvalue weighted by atomic mass is 32.1. The molecule has 2 aliphatic rings. The van der Waals surface area contributed by atoms with Crippen LogP contribution in [0.15, 0.2) is 30.6 Å². The van der Waals surface area contributed by atoms with Crippen molar-refractivity contribution in [1.29, 1.82) is 0 Å². The molecule has 0 spiro atoms. The van der Waals surface area contributed by atoms with Crippen molar-refractivity contribution in [2.75, 3.05) is 6.54 Å². The molecular formula is C20H24N4S. The molecule has 25 heavy (non-hydrogen) atoms. The van der Waals surface area contributed by atoms with Gasteiger partial charge in [-0.25, -0.2) is 4.98 Å². The minimum Gasteiger partial charge on any atom is -0.298 e. The minimum absolute atomic E-state index is 0.664. The van der Waals surface area contributed by atoms with Gasteiger partial charge in [0.15, 0.2) is 0 Å². The Kier molecular flexibility index (Phi) is 3.68. The molecule has 0 bridgehead atoms. The molecule has 1 aromatic carbocycles. The summed E-state index contributed by atoms with van der Waals surface area (Å²) in [4.78, 5) is 7.66. The van der Waals surface area contributed by atoms with Crippen LogP contribution in [-0.4, -0.2) is 38.3 Å². The quantitative estimate of drug-likeness (QED) is 0.699. The molecule has 1 aliphatic carbocycles. The number of thiazole rings is 1. The van der Waals surface area contributed by atoms with E-state index in [-0.39, 0.29) is 0 Å². The summed E-state index contributed by atoms with van der Waals surface area (Å²) in [7, 11) is 1.96. The van der Waals surface area contributed by atoms with Crippen molar-refractivity contribution >= 4 is 21.6 Å². The molecule has 1 saturated heterocycles. The molecule has 1 aliphatic heterocycles. The van der Waals surface area contributed by atoms with E-state index in [2.05, 4.69) is 41.3 Å². The Bertz CT molecular complexity index is 905. The average molecular weight is 353 g/mol. The lowest BCUT2D eigenvalue weighted by molar-refractivity contribution is 0.103. The molecule has 5 heteroatoms. The summed E-state index contributed by atoms with van der Waals surface area (Å²) >= 11 is 1.89. The van der Waals surface area contributed by atoms with Crippen LogP contribution in [0, 0.1) is 0 Å². The molecule has 5 rings (SSSR count). The average Bonchev–Trinajstić information content (AvgIpc) is 3.26. The zero-order chi connectivity index (χ0) is 17.0. The fourth-order valence-electron chi connectivity index (χ4n) is 4.43. The molecule has 130 valence electrons. The highest BCUT2D eigenvalue weighted by molar-refractivity contribution is 7.18. The third kappa shape index (κ3) is 2.70. The molecule has 4 nitrogen and oxygen atoms in total. The largest absolute Gasteiger partial charge is 0.298 e. The summed E-state index contributed by atoms with van der Waals surface area (Å²) in [5.74, 6) is 0.664. The molecule has 2 aromatic heterocycles. The summed E-state index contributed by atoms with van der Waals surface area (Å²) in [5, 5.41) is 5.62. The summed E-state index contributed by atoms with van der Waals surface area (Å²) in [6.45, 7) is 3.69. The van der Waals surface area contributed by atoms with Crippen molar-refractivity contribution in [3.05, 3.63) is 35.6 Å². The third-order valence-electron chi connectivity index (χ3n) is 5.98. The van der Waals surface area contributed by atoms with E-state index in [0.717, 1.165) is 17.6 Å². The SMILES string of the molecule is CC1CCCN1[C@H]1C[C@H](c2nc3ccc(-c4cnn(C)c4)cc3s2)C1. The predicted octanol–water partition coefficient (Wildman–Crippen LogP) is 4.43. The van der Waals surface area contributed by atoms with E-state index in [4.69, 9.17) is 4.98 Å². The Morgan fingerprint density at radius 1 is 1.20 bits per heavy atom. The van der Waals surface area contributed by atoms with Gasteiger partial charge >= 0.3 is 0 Å². The van der Waals surface area contributed by atoms with E-state index in [1.54, 1.807) is 0 Å². The van der Waals surface area contributed by atoms with E-state index in [1.807, 2.05) is 29.3 Å². The maximum Gasteiger partial charge on any atom is 0.0970 e. The van der Waals surface area contributed by atoms with E-state index in [0.29, 0.717) is 5.92 Å². The van der Waals surface area contributed by atoms with Gasteiger partial charge in [0, 0.05) is 36.8 Å². The Morgan fingerprint density at radius 3 is 2.80 bits per heavy atom. The Balaban J connectivity index is 1.35. The van der Waals surface area contributed by atoms with Crippen molar-refractivity contribution in [3.63, 3.8) is 0 Å².